The standard InChI is InChI=1S/C24H24F2O/c1-3-17-6-10-19(11-7-17)21-14-15-22(24(26)23(21)25)20-12-8-18(9-13-20)5-4-16-27-2/h6-15H,3-5,16H2,1-2H3. The van der Waals surface area contributed by atoms with Gasteiger partial charge in [0, 0.05) is 24.8 Å². The van der Waals surface area contributed by atoms with Crippen LogP contribution >= 0.6 is 0 Å². The van der Waals surface area contributed by atoms with Crippen LogP contribution in [0.3, 0.4) is 0 Å². The summed E-state index contributed by atoms with van der Waals surface area (Å²) in [5, 5.41) is 0. The Kier molecular flexibility index (Phi) is 6.36. The van der Waals surface area contributed by atoms with E-state index >= 15 is 0 Å². The van der Waals surface area contributed by atoms with Crippen LogP contribution in [0.25, 0.3) is 22.3 Å². The summed E-state index contributed by atoms with van der Waals surface area (Å²) in [7, 11) is 1.68. The van der Waals surface area contributed by atoms with Gasteiger partial charge in [-0.1, -0.05) is 67.6 Å². The molecule has 0 saturated heterocycles. The van der Waals surface area contributed by atoms with Gasteiger partial charge < -0.3 is 4.74 Å². The molecule has 0 amide bonds. The molecule has 0 N–H and O–H groups in total. The van der Waals surface area contributed by atoms with Crippen LogP contribution in [0, 0.1) is 11.6 Å². The fraction of sp³-hybridized carbons (Fsp3) is 0.250. The molecule has 0 fully saturated rings. The lowest BCUT2D eigenvalue weighted by Crippen LogP contribution is -1.95. The zero-order valence-electron chi connectivity index (χ0n) is 15.8. The first-order valence-corrected chi connectivity index (χ1v) is 9.29. The van der Waals surface area contributed by atoms with Crippen molar-refractivity contribution in [2.24, 2.45) is 0 Å². The van der Waals surface area contributed by atoms with Crippen LogP contribution in [0.15, 0.2) is 60.7 Å². The zero-order valence-corrected chi connectivity index (χ0v) is 15.8. The lowest BCUT2D eigenvalue weighted by Gasteiger charge is -2.10. The van der Waals surface area contributed by atoms with Gasteiger partial charge in [-0.3, -0.25) is 0 Å². The number of hydrogen-bond donors (Lipinski definition) is 0. The molecular formula is C24H24F2O. The quantitative estimate of drug-likeness (QED) is 0.437. The first-order valence-electron chi connectivity index (χ1n) is 9.29. The third-order valence-corrected chi connectivity index (χ3v) is 4.83. The van der Waals surface area contributed by atoms with Gasteiger partial charge in [0.1, 0.15) is 0 Å². The molecule has 0 aliphatic rings. The van der Waals surface area contributed by atoms with Crippen molar-refractivity contribution in [1.29, 1.82) is 0 Å². The van der Waals surface area contributed by atoms with Gasteiger partial charge in [-0.2, -0.15) is 0 Å². The Bertz CT molecular complexity index is 884. The number of benzene rings is 3. The summed E-state index contributed by atoms with van der Waals surface area (Å²) < 4.78 is 34.5. The fourth-order valence-corrected chi connectivity index (χ4v) is 3.19. The van der Waals surface area contributed by atoms with Crippen molar-refractivity contribution in [3.63, 3.8) is 0 Å². The minimum absolute atomic E-state index is 0.282. The van der Waals surface area contributed by atoms with Crippen molar-refractivity contribution in [1.82, 2.24) is 0 Å². The molecule has 0 bridgehead atoms. The number of hydrogen-bond acceptors (Lipinski definition) is 1. The van der Waals surface area contributed by atoms with Gasteiger partial charge in [0.15, 0.2) is 11.6 Å². The summed E-state index contributed by atoms with van der Waals surface area (Å²) >= 11 is 0. The van der Waals surface area contributed by atoms with E-state index < -0.39 is 11.6 Å². The molecule has 3 heteroatoms. The summed E-state index contributed by atoms with van der Waals surface area (Å²) in [6, 6.07) is 18.5. The van der Waals surface area contributed by atoms with E-state index in [4.69, 9.17) is 4.74 Å². The maximum atomic E-state index is 14.7. The molecule has 27 heavy (non-hydrogen) atoms. The predicted octanol–water partition coefficient (Wildman–Crippen LogP) is 6.44. The second-order valence-corrected chi connectivity index (χ2v) is 6.63. The van der Waals surface area contributed by atoms with E-state index in [0.29, 0.717) is 17.7 Å². The van der Waals surface area contributed by atoms with Crippen LogP contribution in [0.5, 0.6) is 0 Å². The molecule has 0 radical (unpaired) electrons. The number of ether oxygens (including phenoxy) is 1. The number of aryl methyl sites for hydroxylation is 2. The third kappa shape index (κ3) is 4.42. The highest BCUT2D eigenvalue weighted by Crippen LogP contribution is 2.31. The highest BCUT2D eigenvalue weighted by Gasteiger charge is 2.16. The fourth-order valence-electron chi connectivity index (χ4n) is 3.19. The van der Waals surface area contributed by atoms with Gasteiger partial charge in [0.2, 0.25) is 0 Å². The monoisotopic (exact) mass is 366 g/mol. The Morgan fingerprint density at radius 1 is 0.704 bits per heavy atom. The maximum absolute atomic E-state index is 14.7. The highest BCUT2D eigenvalue weighted by atomic mass is 19.2. The number of rotatable bonds is 7. The third-order valence-electron chi connectivity index (χ3n) is 4.83. The van der Waals surface area contributed by atoms with Gasteiger partial charge in [-0.05, 0) is 41.5 Å². The molecule has 3 aromatic rings. The number of halogens is 2. The smallest absolute Gasteiger partial charge is 0.167 e. The Hall–Kier alpha value is -2.52. The Morgan fingerprint density at radius 3 is 1.63 bits per heavy atom. The van der Waals surface area contributed by atoms with E-state index in [2.05, 4.69) is 6.92 Å². The van der Waals surface area contributed by atoms with Crippen LogP contribution in [-0.4, -0.2) is 13.7 Å². The van der Waals surface area contributed by atoms with E-state index in [1.165, 1.54) is 5.56 Å². The molecule has 3 aromatic carbocycles. The first kappa shape index (κ1) is 19.2. The SMILES string of the molecule is CCc1ccc(-c2ccc(-c3ccc(CCCOC)cc3)c(F)c2F)cc1. The summed E-state index contributed by atoms with van der Waals surface area (Å²) in [5.74, 6) is -1.61. The normalized spacial score (nSPS) is 11.0. The van der Waals surface area contributed by atoms with E-state index in [1.807, 2.05) is 48.5 Å². The van der Waals surface area contributed by atoms with Crippen molar-refractivity contribution in [2.75, 3.05) is 13.7 Å². The molecule has 0 aliphatic heterocycles. The second kappa shape index (κ2) is 8.92. The molecule has 0 aromatic heterocycles. The van der Waals surface area contributed by atoms with Crippen LogP contribution in [0.4, 0.5) is 8.78 Å². The van der Waals surface area contributed by atoms with E-state index in [1.54, 1.807) is 19.2 Å². The van der Waals surface area contributed by atoms with Crippen molar-refractivity contribution in [2.45, 2.75) is 26.2 Å². The lowest BCUT2D eigenvalue weighted by molar-refractivity contribution is 0.195. The minimum Gasteiger partial charge on any atom is -0.385 e. The van der Waals surface area contributed by atoms with Crippen molar-refractivity contribution < 1.29 is 13.5 Å². The van der Waals surface area contributed by atoms with E-state index in [0.717, 1.165) is 24.8 Å². The van der Waals surface area contributed by atoms with Crippen LogP contribution in [0.2, 0.25) is 0 Å². The van der Waals surface area contributed by atoms with Crippen molar-refractivity contribution in [3.8, 4) is 22.3 Å². The predicted molar refractivity (Wildman–Crippen MR) is 107 cm³/mol. The van der Waals surface area contributed by atoms with Crippen molar-refractivity contribution in [3.05, 3.63) is 83.4 Å². The van der Waals surface area contributed by atoms with Crippen LogP contribution in [0.1, 0.15) is 24.5 Å². The summed E-state index contributed by atoms with van der Waals surface area (Å²) in [6.07, 6.45) is 2.75. The molecule has 0 unspecified atom stereocenters. The zero-order chi connectivity index (χ0) is 19.2. The molecule has 3 rings (SSSR count). The summed E-state index contributed by atoms with van der Waals surface area (Å²) in [5.41, 5.74) is 4.25. The molecule has 140 valence electrons. The maximum Gasteiger partial charge on any atom is 0.167 e. The van der Waals surface area contributed by atoms with Gasteiger partial charge in [-0.15, -0.1) is 0 Å². The second-order valence-electron chi connectivity index (χ2n) is 6.63. The van der Waals surface area contributed by atoms with E-state index in [9.17, 15) is 8.78 Å². The molecular weight excluding hydrogens is 342 g/mol. The molecule has 1 nitrogen and oxygen atoms in total. The average Bonchev–Trinajstić information content (AvgIpc) is 2.71. The van der Waals surface area contributed by atoms with Crippen molar-refractivity contribution >= 4 is 0 Å². The average molecular weight is 366 g/mol. The highest BCUT2D eigenvalue weighted by molar-refractivity contribution is 5.72. The molecule has 0 atom stereocenters. The summed E-state index contributed by atoms with van der Waals surface area (Å²) in [6.45, 7) is 2.77. The van der Waals surface area contributed by atoms with Crippen LogP contribution in [-0.2, 0) is 17.6 Å². The lowest BCUT2D eigenvalue weighted by atomic mass is 9.97. The Morgan fingerprint density at radius 2 is 1.19 bits per heavy atom. The van der Waals surface area contributed by atoms with Gasteiger partial charge >= 0.3 is 0 Å². The van der Waals surface area contributed by atoms with Gasteiger partial charge in [0.05, 0.1) is 0 Å². The summed E-state index contributed by atoms with van der Waals surface area (Å²) in [4.78, 5) is 0. The first-order chi connectivity index (χ1) is 13.1. The Balaban J connectivity index is 1.86. The molecule has 0 aliphatic carbocycles. The largest absolute Gasteiger partial charge is 0.385 e. The molecule has 0 heterocycles. The van der Waals surface area contributed by atoms with Crippen LogP contribution < -0.4 is 0 Å². The molecule has 0 spiro atoms. The topological polar surface area (TPSA) is 9.23 Å². The van der Waals surface area contributed by atoms with Gasteiger partial charge in [0.25, 0.3) is 0 Å². The molecule has 0 saturated carbocycles. The number of methoxy groups -OCH3 is 1. The minimum atomic E-state index is -0.806. The van der Waals surface area contributed by atoms with Gasteiger partial charge in [-0.25, -0.2) is 8.78 Å². The Labute approximate surface area is 159 Å². The van der Waals surface area contributed by atoms with E-state index in [-0.39, 0.29) is 11.1 Å².